The molecule has 0 unspecified atom stereocenters. The van der Waals surface area contributed by atoms with Gasteiger partial charge in [0, 0.05) is 24.0 Å². The number of piperidine rings is 1. The van der Waals surface area contributed by atoms with Crippen LogP contribution < -0.4 is 4.90 Å². The minimum atomic E-state index is 0.382. The van der Waals surface area contributed by atoms with E-state index in [1.807, 2.05) is 29.7 Å². The van der Waals surface area contributed by atoms with Gasteiger partial charge in [0.15, 0.2) is 0 Å². The fourth-order valence-corrected chi connectivity index (χ4v) is 3.67. The Morgan fingerprint density at radius 2 is 2.14 bits per heavy atom. The molecule has 2 aromatic rings. The number of rotatable bonds is 3. The predicted molar refractivity (Wildman–Crippen MR) is 89.6 cm³/mol. The second kappa shape index (κ2) is 6.37. The Kier molecular flexibility index (Phi) is 4.30. The van der Waals surface area contributed by atoms with Crippen LogP contribution in [0, 0.1) is 23.2 Å². The molecule has 0 aromatic carbocycles. The van der Waals surface area contributed by atoms with Gasteiger partial charge in [0.25, 0.3) is 0 Å². The van der Waals surface area contributed by atoms with Crippen molar-refractivity contribution in [2.45, 2.75) is 20.3 Å². The summed E-state index contributed by atoms with van der Waals surface area (Å²) in [5.41, 5.74) is 0.382. The van der Waals surface area contributed by atoms with Crippen LogP contribution in [0.4, 0.5) is 5.88 Å². The van der Waals surface area contributed by atoms with Crippen molar-refractivity contribution >= 4 is 29.4 Å². The maximum absolute atomic E-state index is 9.33. The minimum Gasteiger partial charge on any atom is -0.420 e. The second-order valence-electron chi connectivity index (χ2n) is 6.02. The molecule has 0 radical (unpaired) electrons. The largest absolute Gasteiger partial charge is 0.420 e. The molecular formula is C17H19N3OS. The van der Waals surface area contributed by atoms with E-state index in [1.54, 1.807) is 11.3 Å². The van der Waals surface area contributed by atoms with E-state index in [-0.39, 0.29) is 0 Å². The summed E-state index contributed by atoms with van der Waals surface area (Å²) < 4.78 is 5.85. The molecule has 22 heavy (non-hydrogen) atoms. The summed E-state index contributed by atoms with van der Waals surface area (Å²) >= 11 is 1.66. The standard InChI is InChI=1S/C17H19N3OS/c1-12-8-13(2)11-20(10-12)17-15(9-18)19-16(21-17)6-5-14-4-3-7-22-14/h3-7,12-13H,8,10-11H2,1-2H3/b6-5+/t12-,13-/m1/s1. The van der Waals surface area contributed by atoms with Gasteiger partial charge in [0.2, 0.25) is 17.5 Å². The highest BCUT2D eigenvalue weighted by atomic mass is 32.1. The Bertz CT molecular complexity index is 686. The Morgan fingerprint density at radius 3 is 2.77 bits per heavy atom. The van der Waals surface area contributed by atoms with Gasteiger partial charge in [0.1, 0.15) is 6.07 Å². The fourth-order valence-electron chi connectivity index (χ4n) is 3.05. The Hall–Kier alpha value is -2.06. The quantitative estimate of drug-likeness (QED) is 0.849. The van der Waals surface area contributed by atoms with Gasteiger partial charge in [-0.2, -0.15) is 10.2 Å². The number of hydrogen-bond acceptors (Lipinski definition) is 5. The summed E-state index contributed by atoms with van der Waals surface area (Å²) in [6, 6.07) is 6.19. The van der Waals surface area contributed by atoms with Crippen molar-refractivity contribution in [1.82, 2.24) is 4.98 Å². The fraction of sp³-hybridized carbons (Fsp3) is 0.412. The van der Waals surface area contributed by atoms with Crippen molar-refractivity contribution in [3.05, 3.63) is 34.0 Å². The Balaban J connectivity index is 1.84. The van der Waals surface area contributed by atoms with Crippen LogP contribution in [0.1, 0.15) is 36.7 Å². The molecule has 114 valence electrons. The van der Waals surface area contributed by atoms with Gasteiger partial charge in [-0.1, -0.05) is 19.9 Å². The summed E-state index contributed by atoms with van der Waals surface area (Å²) in [5, 5.41) is 11.4. The summed E-state index contributed by atoms with van der Waals surface area (Å²) in [5.74, 6) is 2.31. The van der Waals surface area contributed by atoms with Crippen LogP contribution in [0.15, 0.2) is 21.9 Å². The van der Waals surface area contributed by atoms with Gasteiger partial charge in [-0.25, -0.2) is 0 Å². The van der Waals surface area contributed by atoms with Gasteiger partial charge < -0.3 is 9.32 Å². The van der Waals surface area contributed by atoms with Gasteiger partial charge in [-0.15, -0.1) is 11.3 Å². The summed E-state index contributed by atoms with van der Waals surface area (Å²) in [4.78, 5) is 7.60. The lowest BCUT2D eigenvalue weighted by molar-refractivity contribution is 0.342. The predicted octanol–water partition coefficient (Wildman–Crippen LogP) is 4.26. The number of anilines is 1. The Morgan fingerprint density at radius 1 is 1.36 bits per heavy atom. The summed E-state index contributed by atoms with van der Waals surface area (Å²) in [6.07, 6.45) is 5.01. The van der Waals surface area contributed by atoms with E-state index in [9.17, 15) is 5.26 Å². The molecule has 0 spiro atoms. The topological polar surface area (TPSA) is 53.1 Å². The number of oxazole rings is 1. The van der Waals surface area contributed by atoms with Crippen LogP contribution in [0.3, 0.4) is 0 Å². The van der Waals surface area contributed by atoms with Crippen molar-refractivity contribution < 1.29 is 4.42 Å². The van der Waals surface area contributed by atoms with Gasteiger partial charge in [-0.3, -0.25) is 0 Å². The first-order valence-electron chi connectivity index (χ1n) is 7.53. The molecule has 1 saturated heterocycles. The van der Waals surface area contributed by atoms with E-state index in [1.165, 1.54) is 6.42 Å². The normalized spacial score (nSPS) is 22.1. The first kappa shape index (κ1) is 14.9. The van der Waals surface area contributed by atoms with Gasteiger partial charge in [-0.05, 0) is 35.8 Å². The van der Waals surface area contributed by atoms with Crippen molar-refractivity contribution in [1.29, 1.82) is 5.26 Å². The number of hydrogen-bond donors (Lipinski definition) is 0. The molecule has 0 aliphatic carbocycles. The summed E-state index contributed by atoms with van der Waals surface area (Å²) in [6.45, 7) is 6.32. The molecule has 5 heteroatoms. The zero-order valence-electron chi connectivity index (χ0n) is 12.8. The van der Waals surface area contributed by atoms with E-state index in [4.69, 9.17) is 4.42 Å². The first-order chi connectivity index (χ1) is 10.7. The molecule has 3 rings (SSSR count). The third-order valence-corrected chi connectivity index (χ3v) is 4.66. The third-order valence-electron chi connectivity index (χ3n) is 3.82. The van der Waals surface area contributed by atoms with Crippen molar-refractivity contribution in [2.75, 3.05) is 18.0 Å². The molecule has 2 aromatic heterocycles. The highest BCUT2D eigenvalue weighted by molar-refractivity contribution is 7.10. The lowest BCUT2D eigenvalue weighted by Crippen LogP contribution is -2.38. The highest BCUT2D eigenvalue weighted by Gasteiger charge is 2.27. The van der Waals surface area contributed by atoms with E-state index < -0.39 is 0 Å². The van der Waals surface area contributed by atoms with Crippen molar-refractivity contribution in [3.63, 3.8) is 0 Å². The lowest BCUT2D eigenvalue weighted by atomic mass is 9.92. The van der Waals surface area contributed by atoms with Gasteiger partial charge in [0.05, 0.1) is 0 Å². The van der Waals surface area contributed by atoms with Crippen LogP contribution in [0.25, 0.3) is 12.2 Å². The minimum absolute atomic E-state index is 0.382. The number of nitriles is 1. The second-order valence-corrected chi connectivity index (χ2v) is 7.00. The van der Waals surface area contributed by atoms with Crippen LogP contribution >= 0.6 is 11.3 Å². The maximum Gasteiger partial charge on any atom is 0.235 e. The molecule has 2 atom stereocenters. The zero-order valence-corrected chi connectivity index (χ0v) is 13.6. The van der Waals surface area contributed by atoms with Crippen molar-refractivity contribution in [2.24, 2.45) is 11.8 Å². The number of nitrogens with zero attached hydrogens (tertiary/aromatic N) is 3. The molecule has 4 nitrogen and oxygen atoms in total. The summed E-state index contributed by atoms with van der Waals surface area (Å²) in [7, 11) is 0. The van der Waals surface area contributed by atoms with E-state index in [2.05, 4.69) is 29.8 Å². The average Bonchev–Trinajstić information content (AvgIpc) is 3.13. The molecule has 3 heterocycles. The molecule has 1 fully saturated rings. The van der Waals surface area contributed by atoms with Crippen LogP contribution in [-0.2, 0) is 0 Å². The van der Waals surface area contributed by atoms with Gasteiger partial charge >= 0.3 is 0 Å². The molecule has 0 amide bonds. The molecular weight excluding hydrogens is 294 g/mol. The number of aromatic nitrogens is 1. The Labute approximate surface area is 134 Å². The van der Waals surface area contributed by atoms with Crippen LogP contribution in [0.5, 0.6) is 0 Å². The smallest absolute Gasteiger partial charge is 0.235 e. The number of thiophene rings is 1. The molecule has 1 aliphatic heterocycles. The SMILES string of the molecule is C[C@@H]1C[C@@H](C)CN(c2oc(/C=C/c3cccs3)nc2C#N)C1. The monoisotopic (exact) mass is 313 g/mol. The average molecular weight is 313 g/mol. The molecule has 0 N–H and O–H groups in total. The van der Waals surface area contributed by atoms with E-state index >= 15 is 0 Å². The molecule has 0 bridgehead atoms. The van der Waals surface area contributed by atoms with Crippen LogP contribution in [0.2, 0.25) is 0 Å². The lowest BCUT2D eigenvalue weighted by Gasteiger charge is -2.34. The third kappa shape index (κ3) is 3.23. The molecule has 0 saturated carbocycles. The van der Waals surface area contributed by atoms with E-state index in [0.29, 0.717) is 29.3 Å². The zero-order chi connectivity index (χ0) is 15.5. The van der Waals surface area contributed by atoms with E-state index in [0.717, 1.165) is 18.0 Å². The molecule has 1 aliphatic rings. The maximum atomic E-state index is 9.33. The first-order valence-corrected chi connectivity index (χ1v) is 8.41. The highest BCUT2D eigenvalue weighted by Crippen LogP contribution is 2.29. The van der Waals surface area contributed by atoms with Crippen LogP contribution in [-0.4, -0.2) is 18.1 Å². The van der Waals surface area contributed by atoms with Crippen molar-refractivity contribution in [3.8, 4) is 6.07 Å².